The average Bonchev–Trinajstić information content (AvgIpc) is 3.20. The molecule has 4 rings (SSSR count). The van der Waals surface area contributed by atoms with E-state index in [1.54, 1.807) is 6.92 Å². The number of carbonyl (C=O) groups is 1. The van der Waals surface area contributed by atoms with Gasteiger partial charge in [0.1, 0.15) is 0 Å². The number of hydrogen-bond donors (Lipinski definition) is 1. The Morgan fingerprint density at radius 3 is 2.96 bits per heavy atom. The number of hydrogen-bond acceptors (Lipinski definition) is 5. The summed E-state index contributed by atoms with van der Waals surface area (Å²) in [5, 5.41) is 14.5. The molecule has 128 valence electrons. The van der Waals surface area contributed by atoms with Gasteiger partial charge in [-0.2, -0.15) is 0 Å². The summed E-state index contributed by atoms with van der Waals surface area (Å²) in [5.41, 5.74) is 2.76. The number of rotatable bonds is 4. The average molecular weight is 329 g/mol. The van der Waals surface area contributed by atoms with E-state index < -0.39 is 6.10 Å². The van der Waals surface area contributed by atoms with Gasteiger partial charge in [0.2, 0.25) is 0 Å². The largest absolute Gasteiger partial charge is 0.393 e. The van der Waals surface area contributed by atoms with Crippen LogP contribution in [-0.4, -0.2) is 44.7 Å². The molecule has 1 amide bonds. The highest BCUT2D eigenvalue weighted by Gasteiger charge is 2.34. The van der Waals surface area contributed by atoms with Crippen molar-refractivity contribution in [3.63, 3.8) is 0 Å². The third-order valence-electron chi connectivity index (χ3n) is 5.11. The molecule has 2 atom stereocenters. The van der Waals surface area contributed by atoms with E-state index >= 15 is 0 Å². The number of likely N-dealkylation sites (tertiary alicyclic amines) is 1. The molecule has 2 fully saturated rings. The molecule has 2 unspecified atom stereocenters. The van der Waals surface area contributed by atoms with Crippen LogP contribution in [0.15, 0.2) is 10.6 Å². The summed E-state index contributed by atoms with van der Waals surface area (Å²) < 4.78 is 5.34. The zero-order chi connectivity index (χ0) is 16.8. The molecule has 1 aliphatic carbocycles. The Labute approximate surface area is 140 Å². The fourth-order valence-corrected chi connectivity index (χ4v) is 3.77. The molecule has 1 saturated carbocycles. The van der Waals surface area contributed by atoms with Crippen molar-refractivity contribution in [3.8, 4) is 0 Å². The minimum atomic E-state index is -0.403. The van der Waals surface area contributed by atoms with Crippen molar-refractivity contribution in [2.45, 2.75) is 64.0 Å². The van der Waals surface area contributed by atoms with Crippen LogP contribution in [0.2, 0.25) is 0 Å². The summed E-state index contributed by atoms with van der Waals surface area (Å²) in [6, 6.07) is 2.04. The predicted octanol–water partition coefficient (Wildman–Crippen LogP) is 2.78. The van der Waals surface area contributed by atoms with Crippen LogP contribution in [0.25, 0.3) is 11.1 Å². The number of aryl methyl sites for hydroxylation is 1. The first kappa shape index (κ1) is 15.6. The van der Waals surface area contributed by atoms with Gasteiger partial charge in [0.25, 0.3) is 11.6 Å². The van der Waals surface area contributed by atoms with Crippen LogP contribution in [0.4, 0.5) is 0 Å². The van der Waals surface area contributed by atoms with Crippen LogP contribution in [0.3, 0.4) is 0 Å². The molecule has 0 aromatic carbocycles. The smallest absolute Gasteiger partial charge is 0.259 e. The molecule has 0 radical (unpaired) electrons. The molecule has 3 heterocycles. The first-order valence-electron chi connectivity index (χ1n) is 8.80. The van der Waals surface area contributed by atoms with Crippen molar-refractivity contribution < 1.29 is 14.4 Å². The summed E-state index contributed by atoms with van der Waals surface area (Å²) in [4.78, 5) is 19.7. The Morgan fingerprint density at radius 1 is 1.46 bits per heavy atom. The SMILES string of the molecule is Cc1noc2nc(C3CC3)cc(C(=O)N3CCCC3CC(C)O)c12. The highest BCUT2D eigenvalue weighted by atomic mass is 16.5. The fourth-order valence-electron chi connectivity index (χ4n) is 3.77. The predicted molar refractivity (Wildman–Crippen MR) is 88.9 cm³/mol. The summed E-state index contributed by atoms with van der Waals surface area (Å²) in [5.74, 6) is 0.456. The van der Waals surface area contributed by atoms with Crippen LogP contribution in [-0.2, 0) is 0 Å². The highest BCUT2D eigenvalue weighted by Crippen LogP contribution is 2.41. The molecule has 1 N–H and O–H groups in total. The number of carbonyl (C=O) groups excluding carboxylic acids is 1. The van der Waals surface area contributed by atoms with Crippen molar-refractivity contribution in [2.24, 2.45) is 0 Å². The van der Waals surface area contributed by atoms with E-state index in [2.05, 4.69) is 10.1 Å². The third kappa shape index (κ3) is 2.69. The highest BCUT2D eigenvalue weighted by molar-refractivity contribution is 6.06. The lowest BCUT2D eigenvalue weighted by Crippen LogP contribution is -2.37. The van der Waals surface area contributed by atoms with E-state index in [1.165, 1.54) is 0 Å². The number of aliphatic hydroxyl groups is 1. The minimum Gasteiger partial charge on any atom is -0.393 e. The lowest BCUT2D eigenvalue weighted by molar-refractivity contribution is 0.0683. The lowest BCUT2D eigenvalue weighted by Gasteiger charge is -2.26. The minimum absolute atomic E-state index is 0.0127. The standard InChI is InChI=1S/C18H23N3O3/c1-10(22)8-13-4-3-7-21(13)18(23)14-9-15(12-5-6-12)19-17-16(14)11(2)20-24-17/h9-10,12-13,22H,3-8H2,1-2H3. The molecule has 2 aliphatic rings. The van der Waals surface area contributed by atoms with Crippen LogP contribution >= 0.6 is 0 Å². The Balaban J connectivity index is 1.74. The molecule has 0 spiro atoms. The van der Waals surface area contributed by atoms with E-state index in [0.29, 0.717) is 29.3 Å². The zero-order valence-electron chi connectivity index (χ0n) is 14.2. The van der Waals surface area contributed by atoms with E-state index in [0.717, 1.165) is 43.3 Å². The van der Waals surface area contributed by atoms with Gasteiger partial charge in [-0.05, 0) is 52.0 Å². The maximum Gasteiger partial charge on any atom is 0.259 e. The Morgan fingerprint density at radius 2 is 2.25 bits per heavy atom. The van der Waals surface area contributed by atoms with Crippen molar-refractivity contribution in [1.82, 2.24) is 15.0 Å². The summed E-state index contributed by atoms with van der Waals surface area (Å²) in [7, 11) is 0. The summed E-state index contributed by atoms with van der Waals surface area (Å²) in [6.07, 6.45) is 4.39. The van der Waals surface area contributed by atoms with Gasteiger partial charge in [-0.25, -0.2) is 4.98 Å². The summed E-state index contributed by atoms with van der Waals surface area (Å²) in [6.45, 7) is 4.36. The van der Waals surface area contributed by atoms with Gasteiger partial charge in [0, 0.05) is 24.2 Å². The third-order valence-corrected chi connectivity index (χ3v) is 5.11. The second-order valence-electron chi connectivity index (χ2n) is 7.20. The van der Waals surface area contributed by atoms with Crippen molar-refractivity contribution in [1.29, 1.82) is 0 Å². The van der Waals surface area contributed by atoms with Crippen LogP contribution < -0.4 is 0 Å². The normalized spacial score (nSPS) is 22.3. The van der Waals surface area contributed by atoms with Gasteiger partial charge in [-0.3, -0.25) is 4.79 Å². The van der Waals surface area contributed by atoms with Gasteiger partial charge in [0.15, 0.2) is 0 Å². The number of amides is 1. The molecule has 6 nitrogen and oxygen atoms in total. The van der Waals surface area contributed by atoms with Crippen molar-refractivity contribution in [2.75, 3.05) is 6.54 Å². The molecule has 6 heteroatoms. The second kappa shape index (κ2) is 5.84. The van der Waals surface area contributed by atoms with E-state index in [4.69, 9.17) is 4.52 Å². The number of nitrogens with zero attached hydrogens (tertiary/aromatic N) is 3. The topological polar surface area (TPSA) is 79.5 Å². The maximum absolute atomic E-state index is 13.2. The number of aromatic nitrogens is 2. The Bertz CT molecular complexity index is 779. The van der Waals surface area contributed by atoms with E-state index in [1.807, 2.05) is 17.9 Å². The number of pyridine rings is 1. The molecule has 1 saturated heterocycles. The van der Waals surface area contributed by atoms with Crippen molar-refractivity contribution in [3.05, 3.63) is 23.0 Å². The van der Waals surface area contributed by atoms with Crippen LogP contribution in [0.5, 0.6) is 0 Å². The second-order valence-corrected chi connectivity index (χ2v) is 7.20. The van der Waals surface area contributed by atoms with E-state index in [9.17, 15) is 9.90 Å². The van der Waals surface area contributed by atoms with Gasteiger partial charge in [-0.15, -0.1) is 0 Å². The number of aliphatic hydroxyl groups excluding tert-OH is 1. The lowest BCUT2D eigenvalue weighted by atomic mass is 10.0. The summed E-state index contributed by atoms with van der Waals surface area (Å²) >= 11 is 0. The quantitative estimate of drug-likeness (QED) is 0.933. The molecule has 2 aromatic heterocycles. The first-order chi connectivity index (χ1) is 11.5. The van der Waals surface area contributed by atoms with Crippen LogP contribution in [0.1, 0.15) is 66.7 Å². The monoisotopic (exact) mass is 329 g/mol. The molecule has 24 heavy (non-hydrogen) atoms. The van der Waals surface area contributed by atoms with E-state index in [-0.39, 0.29) is 11.9 Å². The molecule has 1 aliphatic heterocycles. The molecular weight excluding hydrogens is 306 g/mol. The Kier molecular flexibility index (Phi) is 3.79. The Hall–Kier alpha value is -1.95. The van der Waals surface area contributed by atoms with Gasteiger partial charge in [0.05, 0.1) is 22.7 Å². The zero-order valence-corrected chi connectivity index (χ0v) is 14.2. The van der Waals surface area contributed by atoms with Crippen LogP contribution in [0, 0.1) is 6.92 Å². The molecule has 2 aromatic rings. The van der Waals surface area contributed by atoms with Gasteiger partial charge < -0.3 is 14.5 Å². The maximum atomic E-state index is 13.2. The number of fused-ring (bicyclic) bond motifs is 1. The first-order valence-corrected chi connectivity index (χ1v) is 8.80. The molecule has 0 bridgehead atoms. The van der Waals surface area contributed by atoms with Crippen molar-refractivity contribution >= 4 is 17.0 Å². The fraction of sp³-hybridized carbons (Fsp3) is 0.611. The van der Waals surface area contributed by atoms with Gasteiger partial charge >= 0.3 is 0 Å². The molecular formula is C18H23N3O3. The van der Waals surface area contributed by atoms with Gasteiger partial charge in [-0.1, -0.05) is 5.16 Å².